The number of β-amino-alcohol motifs (C(OH)–C–C–N with tert-alkyl or cyclic N) is 1. The number of carbonyl (C=O) groups is 2. The maximum Gasteiger partial charge on any atom is 0.321 e. The zero-order valence-corrected chi connectivity index (χ0v) is 11.2. The molecule has 3 N–H and O–H groups in total. The number of likely N-dealkylation sites (tertiary alicyclic amines) is 1. The second-order valence-electron chi connectivity index (χ2n) is 5.21. The smallest absolute Gasteiger partial charge is 0.321 e. The third-order valence-corrected chi connectivity index (χ3v) is 3.15. The van der Waals surface area contributed by atoms with Gasteiger partial charge in [-0.05, 0) is 25.5 Å². The Morgan fingerprint density at radius 3 is 2.75 bits per heavy atom. The summed E-state index contributed by atoms with van der Waals surface area (Å²) in [6, 6.07) is 2.87. The average molecular weight is 279 g/mol. The summed E-state index contributed by atoms with van der Waals surface area (Å²) >= 11 is 0. The van der Waals surface area contributed by atoms with Gasteiger partial charge in [-0.2, -0.15) is 0 Å². The van der Waals surface area contributed by atoms with E-state index in [0.717, 1.165) is 0 Å². The van der Waals surface area contributed by atoms with Crippen LogP contribution in [0.5, 0.6) is 0 Å². The number of carboxylic acid groups (broad SMARTS) is 1. The number of rotatable bonds is 3. The van der Waals surface area contributed by atoms with Gasteiger partial charge in [0.1, 0.15) is 0 Å². The normalized spacial score (nSPS) is 21.8. The van der Waals surface area contributed by atoms with Gasteiger partial charge >= 0.3 is 12.0 Å². The third kappa shape index (κ3) is 3.67. The minimum absolute atomic E-state index is 0.150. The quantitative estimate of drug-likeness (QED) is 0.755. The fraction of sp³-hybridized carbons (Fsp3) is 0.462. The molecular formula is C13H17N3O4. The van der Waals surface area contributed by atoms with Crippen LogP contribution in [0.15, 0.2) is 18.3 Å². The molecule has 2 amide bonds. The molecule has 1 atom stereocenters. The van der Waals surface area contributed by atoms with Crippen molar-refractivity contribution < 1.29 is 19.8 Å². The van der Waals surface area contributed by atoms with E-state index >= 15 is 0 Å². The van der Waals surface area contributed by atoms with E-state index in [2.05, 4.69) is 10.3 Å². The highest BCUT2D eigenvalue weighted by Gasteiger charge is 2.33. The van der Waals surface area contributed by atoms with Gasteiger partial charge in [0, 0.05) is 6.54 Å². The van der Waals surface area contributed by atoms with Gasteiger partial charge in [0.25, 0.3) is 0 Å². The second kappa shape index (κ2) is 5.46. The van der Waals surface area contributed by atoms with Crippen LogP contribution in [0.25, 0.3) is 0 Å². The zero-order valence-electron chi connectivity index (χ0n) is 11.2. The van der Waals surface area contributed by atoms with Crippen LogP contribution in [0.2, 0.25) is 0 Å². The number of nitrogens with zero attached hydrogens (tertiary/aromatic N) is 2. The number of hydrogen-bond acceptors (Lipinski definition) is 4. The lowest BCUT2D eigenvalue weighted by Gasteiger charge is -2.19. The average Bonchev–Trinajstić information content (AvgIpc) is 2.72. The minimum atomic E-state index is -0.950. The van der Waals surface area contributed by atoms with Crippen LogP contribution in [-0.4, -0.2) is 50.8 Å². The Morgan fingerprint density at radius 2 is 2.25 bits per heavy atom. The molecule has 7 heteroatoms. The van der Waals surface area contributed by atoms with Crippen molar-refractivity contribution in [3.63, 3.8) is 0 Å². The van der Waals surface area contributed by atoms with E-state index in [-0.39, 0.29) is 12.5 Å². The predicted molar refractivity (Wildman–Crippen MR) is 71.4 cm³/mol. The lowest BCUT2D eigenvalue weighted by molar-refractivity contribution is -0.136. The Morgan fingerprint density at radius 1 is 1.50 bits per heavy atom. The lowest BCUT2D eigenvalue weighted by atomic mass is 10.1. The number of aromatic nitrogens is 1. The SMILES string of the molecule is CC1(O)CCN(C(=O)Nc2ccc(CC(=O)O)nc2)C1. The largest absolute Gasteiger partial charge is 0.481 e. The fourth-order valence-corrected chi connectivity index (χ4v) is 2.08. The highest BCUT2D eigenvalue weighted by Crippen LogP contribution is 2.21. The first-order chi connectivity index (χ1) is 9.35. The Hall–Kier alpha value is -2.15. The van der Waals surface area contributed by atoms with Crippen molar-refractivity contribution >= 4 is 17.7 Å². The number of carboxylic acids is 1. The number of nitrogens with one attached hydrogen (secondary N) is 1. The number of urea groups is 1. The van der Waals surface area contributed by atoms with Crippen LogP contribution < -0.4 is 5.32 Å². The van der Waals surface area contributed by atoms with Gasteiger partial charge in [-0.1, -0.05) is 0 Å². The topological polar surface area (TPSA) is 103 Å². The molecule has 1 saturated heterocycles. The van der Waals surface area contributed by atoms with Crippen LogP contribution in [0.4, 0.5) is 10.5 Å². The fourth-order valence-electron chi connectivity index (χ4n) is 2.08. The first kappa shape index (κ1) is 14.3. The summed E-state index contributed by atoms with van der Waals surface area (Å²) in [6.45, 7) is 2.50. The van der Waals surface area contributed by atoms with E-state index in [9.17, 15) is 14.7 Å². The van der Waals surface area contributed by atoms with Crippen LogP contribution in [0.1, 0.15) is 19.0 Å². The molecule has 0 saturated carbocycles. The number of hydrogen-bond donors (Lipinski definition) is 3. The molecule has 0 aromatic carbocycles. The van der Waals surface area contributed by atoms with Crippen molar-refractivity contribution in [2.45, 2.75) is 25.4 Å². The summed E-state index contributed by atoms with van der Waals surface area (Å²) in [7, 11) is 0. The molecule has 1 aliphatic rings. The van der Waals surface area contributed by atoms with Crippen molar-refractivity contribution in [2.75, 3.05) is 18.4 Å². The van der Waals surface area contributed by atoms with E-state index in [0.29, 0.717) is 30.9 Å². The van der Waals surface area contributed by atoms with E-state index in [1.165, 1.54) is 11.1 Å². The molecule has 7 nitrogen and oxygen atoms in total. The standard InChI is InChI=1S/C13H17N3O4/c1-13(20)4-5-16(8-13)12(19)15-10-3-2-9(14-7-10)6-11(17)18/h2-3,7,20H,4-6,8H2,1H3,(H,15,19)(H,17,18). The molecule has 1 aliphatic heterocycles. The second-order valence-corrected chi connectivity index (χ2v) is 5.21. The number of carbonyl (C=O) groups excluding carboxylic acids is 1. The molecule has 0 spiro atoms. The third-order valence-electron chi connectivity index (χ3n) is 3.15. The number of pyridine rings is 1. The Kier molecular flexibility index (Phi) is 3.89. The van der Waals surface area contributed by atoms with Crippen molar-refractivity contribution in [3.8, 4) is 0 Å². The highest BCUT2D eigenvalue weighted by molar-refractivity contribution is 5.89. The van der Waals surface area contributed by atoms with Gasteiger partial charge in [-0.3, -0.25) is 9.78 Å². The van der Waals surface area contributed by atoms with Crippen molar-refractivity contribution in [1.29, 1.82) is 0 Å². The first-order valence-corrected chi connectivity index (χ1v) is 6.31. The van der Waals surface area contributed by atoms with E-state index < -0.39 is 11.6 Å². The van der Waals surface area contributed by atoms with Crippen LogP contribution in [0.3, 0.4) is 0 Å². The zero-order chi connectivity index (χ0) is 14.8. The predicted octanol–water partition coefficient (Wildman–Crippen LogP) is 0.697. The molecule has 1 fully saturated rings. The Labute approximate surface area is 116 Å². The first-order valence-electron chi connectivity index (χ1n) is 6.31. The highest BCUT2D eigenvalue weighted by atomic mass is 16.4. The van der Waals surface area contributed by atoms with E-state index in [1.807, 2.05) is 0 Å². The number of aliphatic carboxylic acids is 1. The molecule has 108 valence electrons. The van der Waals surface area contributed by atoms with Gasteiger partial charge in [-0.15, -0.1) is 0 Å². The molecule has 20 heavy (non-hydrogen) atoms. The molecule has 0 bridgehead atoms. The van der Waals surface area contributed by atoms with Crippen LogP contribution in [0, 0.1) is 0 Å². The molecule has 1 aromatic rings. The van der Waals surface area contributed by atoms with E-state index in [4.69, 9.17) is 5.11 Å². The van der Waals surface area contributed by atoms with Crippen LogP contribution in [-0.2, 0) is 11.2 Å². The van der Waals surface area contributed by atoms with Crippen LogP contribution >= 0.6 is 0 Å². The molecular weight excluding hydrogens is 262 g/mol. The lowest BCUT2D eigenvalue weighted by Crippen LogP contribution is -2.36. The Balaban J connectivity index is 1.93. The summed E-state index contributed by atoms with van der Waals surface area (Å²) in [4.78, 5) is 28.0. The van der Waals surface area contributed by atoms with Gasteiger partial charge < -0.3 is 20.4 Å². The molecule has 1 unspecified atom stereocenters. The molecule has 0 aliphatic carbocycles. The van der Waals surface area contributed by atoms with Gasteiger partial charge in [0.15, 0.2) is 0 Å². The molecule has 2 heterocycles. The number of aliphatic hydroxyl groups is 1. The number of anilines is 1. The summed E-state index contributed by atoms with van der Waals surface area (Å²) < 4.78 is 0. The van der Waals surface area contributed by atoms with Crippen molar-refractivity contribution in [2.24, 2.45) is 0 Å². The maximum atomic E-state index is 11.9. The van der Waals surface area contributed by atoms with Gasteiger partial charge in [0.2, 0.25) is 0 Å². The summed E-state index contributed by atoms with van der Waals surface area (Å²) in [6.07, 6.45) is 1.82. The summed E-state index contributed by atoms with van der Waals surface area (Å²) in [5.74, 6) is -0.950. The minimum Gasteiger partial charge on any atom is -0.481 e. The molecule has 2 rings (SSSR count). The van der Waals surface area contributed by atoms with Crippen molar-refractivity contribution in [3.05, 3.63) is 24.0 Å². The Bertz CT molecular complexity index is 513. The van der Waals surface area contributed by atoms with Gasteiger partial charge in [-0.25, -0.2) is 4.79 Å². The monoisotopic (exact) mass is 279 g/mol. The summed E-state index contributed by atoms with van der Waals surface area (Å²) in [5, 5.41) is 21.1. The van der Waals surface area contributed by atoms with Gasteiger partial charge in [0.05, 0.1) is 36.1 Å². The van der Waals surface area contributed by atoms with Crippen molar-refractivity contribution in [1.82, 2.24) is 9.88 Å². The van der Waals surface area contributed by atoms with E-state index in [1.54, 1.807) is 19.1 Å². The summed E-state index contributed by atoms with van der Waals surface area (Å²) in [5.41, 5.74) is 0.0938. The molecule has 0 radical (unpaired) electrons. The molecule has 1 aromatic heterocycles. The number of amides is 2. The maximum absolute atomic E-state index is 11.9.